The highest BCUT2D eigenvalue weighted by molar-refractivity contribution is 5.80. The summed E-state index contributed by atoms with van der Waals surface area (Å²) < 4.78 is 87.9. The molecule has 4 atom stereocenters. The van der Waals surface area contributed by atoms with E-state index in [2.05, 4.69) is 15.1 Å². The molecule has 9 nitrogen and oxygen atoms in total. The Labute approximate surface area is 294 Å². The number of anilines is 1. The van der Waals surface area contributed by atoms with Gasteiger partial charge in [-0.25, -0.2) is 9.97 Å². The molecule has 0 radical (unpaired) electrons. The van der Waals surface area contributed by atoms with Crippen molar-refractivity contribution in [3.63, 3.8) is 0 Å². The molecule has 280 valence electrons. The van der Waals surface area contributed by atoms with Crippen molar-refractivity contribution in [3.8, 4) is 0 Å². The third kappa shape index (κ3) is 9.12. The molecule has 1 saturated carbocycles. The van der Waals surface area contributed by atoms with Gasteiger partial charge in [0.05, 0.1) is 18.2 Å². The van der Waals surface area contributed by atoms with Crippen LogP contribution in [0.15, 0.2) is 35.7 Å². The van der Waals surface area contributed by atoms with Gasteiger partial charge < -0.3 is 14.5 Å². The lowest BCUT2D eigenvalue weighted by atomic mass is 9.78. The number of esters is 1. The molecule has 2 aliphatic heterocycles. The van der Waals surface area contributed by atoms with E-state index in [1.54, 1.807) is 28.5 Å². The van der Waals surface area contributed by atoms with Crippen LogP contribution in [-0.4, -0.2) is 76.8 Å². The first-order chi connectivity index (χ1) is 24.1. The van der Waals surface area contributed by atoms with E-state index in [0.717, 1.165) is 30.5 Å². The van der Waals surface area contributed by atoms with Gasteiger partial charge in [-0.1, -0.05) is 13.8 Å². The number of alkyl halides is 6. The van der Waals surface area contributed by atoms with Gasteiger partial charge in [-0.05, 0) is 86.6 Å². The van der Waals surface area contributed by atoms with E-state index in [4.69, 9.17) is 4.74 Å². The van der Waals surface area contributed by atoms with Crippen LogP contribution in [0, 0.1) is 11.8 Å². The number of ether oxygens (including phenoxy) is 1. The highest BCUT2D eigenvalue weighted by atomic mass is 19.4. The number of hydrazone groups is 1. The average molecular weight is 725 g/mol. The smallest absolute Gasteiger partial charge is 0.416 e. The number of benzene rings is 1. The van der Waals surface area contributed by atoms with Crippen LogP contribution in [0.4, 0.5) is 32.3 Å². The summed E-state index contributed by atoms with van der Waals surface area (Å²) in [6.07, 6.45) is 0.305. The molecule has 51 heavy (non-hydrogen) atoms. The minimum Gasteiger partial charge on any atom is -0.469 e. The molecule has 0 N–H and O–H groups in total. The quantitative estimate of drug-likeness (QED) is 0.186. The summed E-state index contributed by atoms with van der Waals surface area (Å²) in [5.41, 5.74) is -2.15. The van der Waals surface area contributed by atoms with Crippen molar-refractivity contribution in [2.75, 3.05) is 25.6 Å². The first-order valence-corrected chi connectivity index (χ1v) is 17.6. The SMILES string of the molecule is CC[C@@H]1CC(N(Cc2cc(C(F)(F)F)cc(C(F)(F)F)c2)c2ncc(C3C=NN(C)C3)cn2)C[C@H](CC)N1C(=O)C1CCC(CC(=O)OC)CC1. The van der Waals surface area contributed by atoms with E-state index in [1.807, 2.05) is 25.8 Å². The van der Waals surface area contributed by atoms with E-state index in [1.165, 1.54) is 7.11 Å². The molecule has 15 heteroatoms. The fraction of sp³-hybridized carbons (Fsp3) is 0.639. The number of likely N-dealkylation sites (N-methyl/N-ethyl adjacent to an activating group) is 1. The molecule has 1 aromatic heterocycles. The normalized spacial score (nSPS) is 25.6. The molecule has 0 spiro atoms. The van der Waals surface area contributed by atoms with E-state index in [-0.39, 0.29) is 71.9 Å². The van der Waals surface area contributed by atoms with Crippen molar-refractivity contribution in [2.45, 2.75) is 115 Å². The lowest BCUT2D eigenvalue weighted by Crippen LogP contribution is -2.58. The number of aromatic nitrogens is 2. The van der Waals surface area contributed by atoms with Crippen molar-refractivity contribution in [1.82, 2.24) is 19.9 Å². The second-order valence-electron chi connectivity index (χ2n) is 14.1. The molecule has 1 aromatic carbocycles. The van der Waals surface area contributed by atoms with Gasteiger partial charge in [0.2, 0.25) is 11.9 Å². The Morgan fingerprint density at radius 3 is 1.94 bits per heavy atom. The van der Waals surface area contributed by atoms with Crippen molar-refractivity contribution >= 4 is 24.0 Å². The van der Waals surface area contributed by atoms with Crippen LogP contribution in [0.2, 0.25) is 0 Å². The number of amides is 1. The van der Waals surface area contributed by atoms with Crippen molar-refractivity contribution in [1.29, 1.82) is 0 Å². The Bertz CT molecular complexity index is 1500. The van der Waals surface area contributed by atoms with Gasteiger partial charge in [-0.15, -0.1) is 0 Å². The Morgan fingerprint density at radius 1 is 0.902 bits per heavy atom. The second-order valence-corrected chi connectivity index (χ2v) is 14.1. The zero-order valence-electron chi connectivity index (χ0n) is 29.4. The van der Waals surface area contributed by atoms with Gasteiger partial charge in [-0.3, -0.25) is 14.6 Å². The van der Waals surface area contributed by atoms with Crippen LogP contribution < -0.4 is 4.90 Å². The first-order valence-electron chi connectivity index (χ1n) is 17.6. The zero-order valence-corrected chi connectivity index (χ0v) is 29.4. The molecule has 3 aliphatic rings. The zero-order chi connectivity index (χ0) is 37.1. The number of nitrogens with zero attached hydrogens (tertiary/aromatic N) is 6. The minimum atomic E-state index is -4.99. The van der Waals surface area contributed by atoms with Crippen LogP contribution >= 0.6 is 0 Å². The van der Waals surface area contributed by atoms with Gasteiger partial charge >= 0.3 is 18.3 Å². The molecule has 2 aromatic rings. The van der Waals surface area contributed by atoms with Crippen LogP contribution in [0.1, 0.15) is 99.8 Å². The molecular weight excluding hydrogens is 678 g/mol. The van der Waals surface area contributed by atoms with Crippen molar-refractivity contribution in [2.24, 2.45) is 16.9 Å². The molecule has 1 saturated heterocycles. The predicted molar refractivity (Wildman–Crippen MR) is 179 cm³/mol. The first kappa shape index (κ1) is 38.3. The number of carbonyl (C=O) groups excluding carboxylic acids is 2. The maximum absolute atomic E-state index is 14.1. The van der Waals surface area contributed by atoms with E-state index in [9.17, 15) is 35.9 Å². The lowest BCUT2D eigenvalue weighted by Gasteiger charge is -2.49. The number of halogens is 6. The summed E-state index contributed by atoms with van der Waals surface area (Å²) in [5.74, 6) is -0.0830. The number of methoxy groups -OCH3 is 1. The van der Waals surface area contributed by atoms with Gasteiger partial charge in [0.1, 0.15) is 0 Å². The third-order valence-electron chi connectivity index (χ3n) is 10.6. The number of piperidine rings is 1. The van der Waals surface area contributed by atoms with Crippen molar-refractivity contribution < 1.29 is 40.7 Å². The van der Waals surface area contributed by atoms with Crippen LogP contribution in [0.25, 0.3) is 0 Å². The molecule has 5 rings (SSSR count). The Balaban J connectivity index is 1.44. The second kappa shape index (κ2) is 15.8. The highest BCUT2D eigenvalue weighted by Gasteiger charge is 2.43. The fourth-order valence-electron chi connectivity index (χ4n) is 7.84. The summed E-state index contributed by atoms with van der Waals surface area (Å²) in [7, 11) is 3.20. The Hall–Kier alpha value is -3.91. The molecular formula is C36H46F6N6O3. The maximum Gasteiger partial charge on any atom is 0.416 e. The van der Waals surface area contributed by atoms with E-state index in [0.29, 0.717) is 51.5 Å². The monoisotopic (exact) mass is 724 g/mol. The van der Waals surface area contributed by atoms with Gasteiger partial charge in [-0.2, -0.15) is 31.4 Å². The maximum atomic E-state index is 14.1. The molecule has 3 heterocycles. The topological polar surface area (TPSA) is 91.2 Å². The van der Waals surface area contributed by atoms with Crippen LogP contribution in [0.3, 0.4) is 0 Å². The summed E-state index contributed by atoms with van der Waals surface area (Å²) in [6.45, 7) is 4.28. The molecule has 2 fully saturated rings. The van der Waals surface area contributed by atoms with Gasteiger partial charge in [0, 0.05) is 75.1 Å². The molecule has 0 bridgehead atoms. The number of carbonyl (C=O) groups is 2. The fourth-order valence-corrected chi connectivity index (χ4v) is 7.84. The lowest BCUT2D eigenvalue weighted by molar-refractivity contribution is -0.146. The Morgan fingerprint density at radius 2 is 1.47 bits per heavy atom. The highest BCUT2D eigenvalue weighted by Crippen LogP contribution is 2.40. The average Bonchev–Trinajstić information content (AvgIpc) is 3.55. The number of rotatable bonds is 10. The number of hydrogen-bond donors (Lipinski definition) is 0. The van der Waals surface area contributed by atoms with Crippen molar-refractivity contribution in [3.05, 3.63) is 52.8 Å². The molecule has 2 unspecified atom stereocenters. The number of likely N-dealkylation sites (tertiary alicyclic amines) is 1. The van der Waals surface area contributed by atoms with Gasteiger partial charge in [0.15, 0.2) is 0 Å². The standard InChI is InChI=1S/C36H46F6N6O3/c1-5-29-15-31(16-30(6-2)48(29)33(50)24-9-7-22(8-10-24)13-32(49)51-4)47(34-43-17-25(18-44-34)26-19-45-46(3)21-26)20-23-11-27(35(37,38)39)14-28(12-23)36(40,41)42/h11-12,14,17-19,22,24,26,29-31H,5-10,13,15-16,20-21H2,1-4H3/t22?,24?,26?,29-,30+,31?. The van der Waals surface area contributed by atoms with Crippen LogP contribution in [0.5, 0.6) is 0 Å². The van der Waals surface area contributed by atoms with E-state index < -0.39 is 23.5 Å². The van der Waals surface area contributed by atoms with Crippen LogP contribution in [-0.2, 0) is 33.2 Å². The largest absolute Gasteiger partial charge is 0.469 e. The summed E-state index contributed by atoms with van der Waals surface area (Å²) in [6, 6.07) is 0.832. The molecule has 1 aliphatic carbocycles. The number of hydrogen-bond acceptors (Lipinski definition) is 8. The van der Waals surface area contributed by atoms with E-state index >= 15 is 0 Å². The molecule has 1 amide bonds. The Kier molecular flexibility index (Phi) is 11.8. The summed E-state index contributed by atoms with van der Waals surface area (Å²) in [5, 5.41) is 6.03. The summed E-state index contributed by atoms with van der Waals surface area (Å²) in [4.78, 5) is 38.8. The van der Waals surface area contributed by atoms with Gasteiger partial charge in [0.25, 0.3) is 0 Å². The third-order valence-corrected chi connectivity index (χ3v) is 10.6. The predicted octanol–water partition coefficient (Wildman–Crippen LogP) is 7.45. The minimum absolute atomic E-state index is 0.0611. The summed E-state index contributed by atoms with van der Waals surface area (Å²) >= 11 is 0.